The molecule has 0 bridgehead atoms. The number of piperidine rings is 1. The third kappa shape index (κ3) is 3.93. The highest BCUT2D eigenvalue weighted by Crippen LogP contribution is 2.21. The maximum Gasteiger partial charge on any atom is 0.252 e. The average molecular weight is 341 g/mol. The zero-order valence-electron chi connectivity index (χ0n) is 15.0. The number of H-pyrrole nitrogens is 1. The Morgan fingerprint density at radius 1 is 1.32 bits per heavy atom. The lowest BCUT2D eigenvalue weighted by Crippen LogP contribution is -2.50. The number of hydrogen-bond donors (Lipinski definition) is 2. The van der Waals surface area contributed by atoms with E-state index in [-0.39, 0.29) is 11.5 Å². The number of carbonyl (C=O) groups excluding carboxylic acids is 1. The molecule has 1 saturated heterocycles. The number of likely N-dealkylation sites (tertiary alicyclic amines) is 1. The van der Waals surface area contributed by atoms with Gasteiger partial charge in [0.1, 0.15) is 0 Å². The molecule has 1 amide bonds. The maximum absolute atomic E-state index is 12.3. The maximum atomic E-state index is 12.3. The van der Waals surface area contributed by atoms with Gasteiger partial charge >= 0.3 is 0 Å². The summed E-state index contributed by atoms with van der Waals surface area (Å²) in [6.07, 6.45) is 2.54. The van der Waals surface area contributed by atoms with Crippen molar-refractivity contribution in [3.63, 3.8) is 0 Å². The Labute approximate surface area is 148 Å². The molecule has 2 N–H and O–H groups in total. The van der Waals surface area contributed by atoms with Crippen molar-refractivity contribution in [3.8, 4) is 0 Å². The normalized spacial score (nSPS) is 20.8. The number of aromatic amines is 1. The lowest BCUT2D eigenvalue weighted by atomic mass is 9.89. The highest BCUT2D eigenvalue weighted by Gasteiger charge is 2.29. The van der Waals surface area contributed by atoms with E-state index in [1.807, 2.05) is 42.2 Å². The van der Waals surface area contributed by atoms with Crippen LogP contribution in [0.4, 0.5) is 0 Å². The topological polar surface area (TPSA) is 65.2 Å². The van der Waals surface area contributed by atoms with E-state index in [9.17, 15) is 9.59 Å². The predicted octanol–water partition coefficient (Wildman–Crippen LogP) is 2.65. The first-order valence-corrected chi connectivity index (χ1v) is 9.24. The minimum absolute atomic E-state index is 0.0298. The van der Waals surface area contributed by atoms with Crippen LogP contribution in [0, 0.1) is 5.92 Å². The van der Waals surface area contributed by atoms with Crippen LogP contribution in [-0.2, 0) is 11.3 Å². The summed E-state index contributed by atoms with van der Waals surface area (Å²) < 4.78 is 0. The first-order valence-electron chi connectivity index (χ1n) is 9.24. The van der Waals surface area contributed by atoms with Gasteiger partial charge in [0.05, 0.1) is 0 Å². The second-order valence-corrected chi connectivity index (χ2v) is 6.85. The monoisotopic (exact) mass is 341 g/mol. The molecule has 5 heteroatoms. The van der Waals surface area contributed by atoms with Gasteiger partial charge < -0.3 is 15.2 Å². The number of nitrogens with one attached hydrogen (secondary N) is 2. The summed E-state index contributed by atoms with van der Waals surface area (Å²) in [6, 6.07) is 10.1. The van der Waals surface area contributed by atoms with E-state index in [4.69, 9.17) is 0 Å². The average Bonchev–Trinajstić information content (AvgIpc) is 2.65. The Hall–Kier alpha value is -2.14. The third-order valence-corrected chi connectivity index (χ3v) is 5.30. The molecule has 2 aromatic rings. The highest BCUT2D eigenvalue weighted by atomic mass is 16.2. The molecule has 3 rings (SSSR count). The number of amides is 1. The number of para-hydroxylation sites is 1. The van der Waals surface area contributed by atoms with E-state index < -0.39 is 0 Å². The van der Waals surface area contributed by atoms with Gasteiger partial charge in [-0.05, 0) is 29.9 Å². The van der Waals surface area contributed by atoms with Gasteiger partial charge in [-0.15, -0.1) is 0 Å². The molecule has 0 unspecified atom stereocenters. The number of fused-ring (bicyclic) bond motifs is 1. The van der Waals surface area contributed by atoms with Crippen LogP contribution in [0.2, 0.25) is 0 Å². The van der Waals surface area contributed by atoms with Crippen LogP contribution in [0.3, 0.4) is 0 Å². The van der Waals surface area contributed by atoms with E-state index in [1.165, 1.54) is 0 Å². The van der Waals surface area contributed by atoms with Gasteiger partial charge in [-0.2, -0.15) is 0 Å². The van der Waals surface area contributed by atoms with Crippen molar-refractivity contribution in [1.29, 1.82) is 0 Å². The van der Waals surface area contributed by atoms with E-state index >= 15 is 0 Å². The summed E-state index contributed by atoms with van der Waals surface area (Å²) in [5.74, 6) is 0.673. The molecule has 5 nitrogen and oxygen atoms in total. The number of hydrogen-bond acceptors (Lipinski definition) is 3. The number of pyridine rings is 1. The smallest absolute Gasteiger partial charge is 0.252 e. The van der Waals surface area contributed by atoms with Crippen LogP contribution in [-0.4, -0.2) is 34.9 Å². The first-order chi connectivity index (χ1) is 12.1. The standard InChI is InChI=1S/C20H27N3O2/c1-3-14-13-23(19(24)4-2)10-9-17(14)21-12-16-11-15-7-5-6-8-18(15)22-20(16)25/h5-8,11,14,17,21H,3-4,9-10,12-13H2,1-2H3,(H,22,25)/t14-,17+/m0/s1. The van der Waals surface area contributed by atoms with Gasteiger partial charge in [0.15, 0.2) is 0 Å². The Kier molecular flexibility index (Phi) is 5.53. The molecule has 0 spiro atoms. The van der Waals surface area contributed by atoms with Gasteiger partial charge in [0.2, 0.25) is 5.91 Å². The Morgan fingerprint density at radius 2 is 2.12 bits per heavy atom. The SMILES string of the molecule is CCC(=O)N1CC[C@@H](NCc2cc3ccccc3[nH]c2=O)[C@@H](CC)C1. The van der Waals surface area contributed by atoms with Gasteiger partial charge in [0.25, 0.3) is 5.56 Å². The van der Waals surface area contributed by atoms with Crippen LogP contribution < -0.4 is 10.9 Å². The van der Waals surface area contributed by atoms with Crippen molar-refractivity contribution in [2.75, 3.05) is 13.1 Å². The summed E-state index contributed by atoms with van der Waals surface area (Å²) in [5.41, 5.74) is 1.60. The van der Waals surface area contributed by atoms with Crippen molar-refractivity contribution in [2.24, 2.45) is 5.92 Å². The molecule has 0 radical (unpaired) electrons. The molecule has 1 aromatic heterocycles. The number of carbonyl (C=O) groups is 1. The van der Waals surface area contributed by atoms with Crippen LogP contribution >= 0.6 is 0 Å². The van der Waals surface area contributed by atoms with Gasteiger partial charge in [-0.25, -0.2) is 0 Å². The number of rotatable bonds is 5. The van der Waals surface area contributed by atoms with Crippen LogP contribution in [0.5, 0.6) is 0 Å². The molecular formula is C20H27N3O2. The quantitative estimate of drug-likeness (QED) is 0.879. The van der Waals surface area contributed by atoms with Crippen molar-refractivity contribution in [3.05, 3.63) is 46.2 Å². The van der Waals surface area contributed by atoms with Crippen molar-refractivity contribution in [2.45, 2.75) is 45.7 Å². The van der Waals surface area contributed by atoms with Gasteiger partial charge in [-0.1, -0.05) is 38.5 Å². The van der Waals surface area contributed by atoms with Crippen LogP contribution in [0.15, 0.2) is 35.1 Å². The molecule has 1 fully saturated rings. The second-order valence-electron chi connectivity index (χ2n) is 6.85. The zero-order valence-corrected chi connectivity index (χ0v) is 15.0. The number of aromatic nitrogens is 1. The van der Waals surface area contributed by atoms with Crippen molar-refractivity contribution in [1.82, 2.24) is 15.2 Å². The molecule has 1 aromatic carbocycles. The largest absolute Gasteiger partial charge is 0.342 e. The Balaban J connectivity index is 1.68. The number of benzene rings is 1. The molecule has 25 heavy (non-hydrogen) atoms. The lowest BCUT2D eigenvalue weighted by molar-refractivity contribution is -0.133. The molecule has 1 aliphatic rings. The summed E-state index contributed by atoms with van der Waals surface area (Å²) in [6.45, 7) is 6.26. The molecule has 134 valence electrons. The molecule has 0 aliphatic carbocycles. The van der Waals surface area contributed by atoms with E-state index in [2.05, 4.69) is 17.2 Å². The van der Waals surface area contributed by atoms with Crippen LogP contribution in [0.1, 0.15) is 38.7 Å². The number of nitrogens with zero attached hydrogens (tertiary/aromatic N) is 1. The minimum Gasteiger partial charge on any atom is -0.342 e. The fourth-order valence-corrected chi connectivity index (χ4v) is 3.73. The summed E-state index contributed by atoms with van der Waals surface area (Å²) >= 11 is 0. The Bertz CT molecular complexity index is 799. The first kappa shape index (κ1) is 17.7. The van der Waals surface area contributed by atoms with Crippen molar-refractivity contribution < 1.29 is 4.79 Å². The predicted molar refractivity (Wildman–Crippen MR) is 100 cm³/mol. The summed E-state index contributed by atoms with van der Waals surface area (Å²) in [4.78, 5) is 29.2. The zero-order chi connectivity index (χ0) is 17.8. The van der Waals surface area contributed by atoms with E-state index in [0.717, 1.165) is 42.4 Å². The summed E-state index contributed by atoms with van der Waals surface area (Å²) in [7, 11) is 0. The second kappa shape index (κ2) is 7.83. The lowest BCUT2D eigenvalue weighted by Gasteiger charge is -2.38. The van der Waals surface area contributed by atoms with Crippen LogP contribution in [0.25, 0.3) is 10.9 Å². The summed E-state index contributed by atoms with van der Waals surface area (Å²) in [5, 5.41) is 4.61. The van der Waals surface area contributed by atoms with Gasteiger partial charge in [-0.3, -0.25) is 9.59 Å². The fourth-order valence-electron chi connectivity index (χ4n) is 3.73. The van der Waals surface area contributed by atoms with Crippen molar-refractivity contribution >= 4 is 16.8 Å². The molecule has 1 aliphatic heterocycles. The van der Waals surface area contributed by atoms with E-state index in [0.29, 0.717) is 24.9 Å². The highest BCUT2D eigenvalue weighted by molar-refractivity contribution is 5.78. The third-order valence-electron chi connectivity index (χ3n) is 5.30. The Morgan fingerprint density at radius 3 is 2.88 bits per heavy atom. The fraction of sp³-hybridized carbons (Fsp3) is 0.500. The molecule has 2 heterocycles. The molecular weight excluding hydrogens is 314 g/mol. The molecule has 2 atom stereocenters. The minimum atomic E-state index is -0.0298. The van der Waals surface area contributed by atoms with Gasteiger partial charge in [0, 0.05) is 43.2 Å². The van der Waals surface area contributed by atoms with E-state index in [1.54, 1.807) is 0 Å². The molecule has 0 saturated carbocycles.